The van der Waals surface area contributed by atoms with Crippen molar-refractivity contribution in [1.29, 1.82) is 0 Å². The molecule has 42 valence electrons. The van der Waals surface area contributed by atoms with E-state index in [1.807, 2.05) is 18.8 Å². The molecule has 0 spiro atoms. The average molecular weight is 114 g/mol. The van der Waals surface area contributed by atoms with Crippen LogP contribution < -0.4 is 0 Å². The highest BCUT2D eigenvalue weighted by atomic mass is 32.3. The van der Waals surface area contributed by atoms with Crippen LogP contribution >= 0.6 is 10.3 Å². The van der Waals surface area contributed by atoms with Crippen molar-refractivity contribution < 1.29 is 9.26 Å². The van der Waals surface area contributed by atoms with Crippen molar-refractivity contribution in [1.82, 2.24) is 0 Å². The van der Waals surface area contributed by atoms with Crippen LogP contribution in [0.15, 0.2) is 0 Å². The minimum atomic E-state index is -1.17. The van der Waals surface area contributed by atoms with E-state index in [4.69, 9.17) is 4.55 Å². The number of hydrogen-bond acceptors (Lipinski definition) is 1. The molecule has 0 aliphatic rings. The summed E-state index contributed by atoms with van der Waals surface area (Å²) in [6, 6.07) is 0. The molecule has 0 unspecified atom stereocenters. The van der Waals surface area contributed by atoms with Gasteiger partial charge in [-0.15, -0.1) is 10.3 Å². The molecule has 0 atom stereocenters. The Kier molecular flexibility index (Phi) is 3.84. The number of rotatable bonds is 0. The maximum absolute atomic E-state index is 8.60. The zero-order chi connectivity index (χ0) is 4.50. The Hall–Kier alpha value is 0.240. The van der Waals surface area contributed by atoms with Gasteiger partial charge in [0.25, 0.3) is 0 Å². The van der Waals surface area contributed by atoms with Crippen molar-refractivity contribution in [3.05, 3.63) is 0 Å². The molecular formula is C3H11FOS. The largest absolute Gasteiger partial charge is 0.352 e. The van der Waals surface area contributed by atoms with Gasteiger partial charge in [0.05, 0.1) is 0 Å². The first-order chi connectivity index (χ1) is 2.00. The van der Waals surface area contributed by atoms with Crippen LogP contribution in [0.25, 0.3) is 0 Å². The van der Waals surface area contributed by atoms with Gasteiger partial charge in [-0.1, -0.05) is 0 Å². The Morgan fingerprint density at radius 3 is 1.17 bits per heavy atom. The Balaban J connectivity index is 0. The Morgan fingerprint density at radius 2 is 1.17 bits per heavy atom. The van der Waals surface area contributed by atoms with Gasteiger partial charge in [0.15, 0.2) is 0 Å². The maximum atomic E-state index is 8.60. The molecule has 0 bridgehead atoms. The quantitative estimate of drug-likeness (QED) is 0.503. The van der Waals surface area contributed by atoms with Crippen molar-refractivity contribution in [3.8, 4) is 0 Å². The third-order valence-corrected chi connectivity index (χ3v) is 0. The van der Waals surface area contributed by atoms with Gasteiger partial charge in [0.1, 0.15) is 0 Å². The lowest BCUT2D eigenvalue weighted by Crippen LogP contribution is -1.83. The smallest absolute Gasteiger partial charge is 0.0134 e. The molecule has 0 aromatic rings. The standard InChI is InChI=1S/C3H10OS.FH/c1-5(2,3)4;/h4H,1-3H3;1H. The molecule has 0 rings (SSSR count). The summed E-state index contributed by atoms with van der Waals surface area (Å²) in [5.74, 6) is 0. The summed E-state index contributed by atoms with van der Waals surface area (Å²) in [6.45, 7) is 0. The first-order valence-electron chi connectivity index (χ1n) is 1.41. The van der Waals surface area contributed by atoms with Crippen LogP contribution in [-0.4, -0.2) is 23.3 Å². The molecule has 0 radical (unpaired) electrons. The summed E-state index contributed by atoms with van der Waals surface area (Å²) in [6.07, 6.45) is 5.48. The maximum Gasteiger partial charge on any atom is -0.0134 e. The monoisotopic (exact) mass is 114 g/mol. The lowest BCUT2D eigenvalue weighted by atomic mass is 11.9. The molecule has 0 amide bonds. The number of hydrogen-bond donors (Lipinski definition) is 1. The summed E-state index contributed by atoms with van der Waals surface area (Å²) in [5, 5.41) is 0. The molecular weight excluding hydrogens is 103 g/mol. The minimum Gasteiger partial charge on any atom is -0.352 e. The van der Waals surface area contributed by atoms with Crippen molar-refractivity contribution >= 4 is 10.3 Å². The van der Waals surface area contributed by atoms with Crippen LogP contribution in [0.2, 0.25) is 0 Å². The normalized spacial score (nSPS) is 12.7. The fourth-order valence-electron chi connectivity index (χ4n) is 0. The Labute approximate surface area is 39.3 Å². The summed E-state index contributed by atoms with van der Waals surface area (Å²) in [7, 11) is -1.17. The van der Waals surface area contributed by atoms with Gasteiger partial charge >= 0.3 is 0 Å². The highest BCUT2D eigenvalue weighted by molar-refractivity contribution is 8.27. The second-order valence-electron chi connectivity index (χ2n) is 1.77. The first-order valence-corrected chi connectivity index (χ1v) is 4.22. The van der Waals surface area contributed by atoms with Crippen molar-refractivity contribution in [2.75, 3.05) is 18.8 Å². The van der Waals surface area contributed by atoms with Crippen LogP contribution in [0.5, 0.6) is 0 Å². The van der Waals surface area contributed by atoms with E-state index in [2.05, 4.69) is 0 Å². The van der Waals surface area contributed by atoms with Crippen LogP contribution in [0.4, 0.5) is 4.70 Å². The van der Waals surface area contributed by atoms with E-state index in [1.54, 1.807) is 0 Å². The third-order valence-electron chi connectivity index (χ3n) is 0. The minimum absolute atomic E-state index is 0. The Morgan fingerprint density at radius 1 is 1.17 bits per heavy atom. The summed E-state index contributed by atoms with van der Waals surface area (Å²) >= 11 is 0. The summed E-state index contributed by atoms with van der Waals surface area (Å²) < 4.78 is 8.60. The lowest BCUT2D eigenvalue weighted by molar-refractivity contribution is 0.643. The number of halogens is 1. The second kappa shape index (κ2) is 2.42. The van der Waals surface area contributed by atoms with Gasteiger partial charge < -0.3 is 4.55 Å². The molecule has 0 fully saturated rings. The summed E-state index contributed by atoms with van der Waals surface area (Å²) in [4.78, 5) is 0. The molecule has 0 aromatic carbocycles. The topological polar surface area (TPSA) is 20.2 Å². The van der Waals surface area contributed by atoms with Gasteiger partial charge in [-0.05, 0) is 18.8 Å². The summed E-state index contributed by atoms with van der Waals surface area (Å²) in [5.41, 5.74) is 0. The molecule has 0 aromatic heterocycles. The van der Waals surface area contributed by atoms with Crippen LogP contribution in [0, 0.1) is 0 Å². The average Bonchev–Trinajstić information content (AvgIpc) is 0.722. The van der Waals surface area contributed by atoms with E-state index in [1.165, 1.54) is 0 Å². The SMILES string of the molecule is CS(C)(C)O.F. The highest BCUT2D eigenvalue weighted by Crippen LogP contribution is 2.26. The molecule has 0 heterocycles. The van der Waals surface area contributed by atoms with E-state index >= 15 is 0 Å². The third kappa shape index (κ3) is 773. The first kappa shape index (κ1) is 9.53. The second-order valence-corrected chi connectivity index (χ2v) is 5.32. The zero-order valence-electron chi connectivity index (χ0n) is 4.26. The van der Waals surface area contributed by atoms with E-state index < -0.39 is 10.3 Å². The predicted octanol–water partition coefficient (Wildman–Crippen LogP) is 1.31. The van der Waals surface area contributed by atoms with Crippen molar-refractivity contribution in [3.63, 3.8) is 0 Å². The van der Waals surface area contributed by atoms with Crippen molar-refractivity contribution in [2.24, 2.45) is 0 Å². The molecule has 0 saturated heterocycles. The van der Waals surface area contributed by atoms with Crippen LogP contribution in [0.3, 0.4) is 0 Å². The molecule has 1 nitrogen and oxygen atoms in total. The zero-order valence-corrected chi connectivity index (χ0v) is 5.08. The fourth-order valence-corrected chi connectivity index (χ4v) is 0. The highest BCUT2D eigenvalue weighted by Gasteiger charge is 1.88. The van der Waals surface area contributed by atoms with Crippen LogP contribution in [-0.2, 0) is 0 Å². The lowest BCUT2D eigenvalue weighted by Gasteiger charge is -2.13. The molecule has 0 saturated carbocycles. The van der Waals surface area contributed by atoms with Gasteiger partial charge in [-0.25, -0.2) is 0 Å². The van der Waals surface area contributed by atoms with Crippen LogP contribution in [0.1, 0.15) is 0 Å². The Bertz CT molecular complexity index is 26.3. The van der Waals surface area contributed by atoms with Gasteiger partial charge in [0.2, 0.25) is 0 Å². The fraction of sp³-hybridized carbons (Fsp3) is 1.00. The van der Waals surface area contributed by atoms with Gasteiger partial charge in [-0.2, -0.15) is 0 Å². The van der Waals surface area contributed by atoms with E-state index in [9.17, 15) is 0 Å². The molecule has 1 N–H and O–H groups in total. The molecule has 0 aliphatic heterocycles. The molecule has 3 heteroatoms. The van der Waals surface area contributed by atoms with Gasteiger partial charge in [-0.3, -0.25) is 4.70 Å². The predicted molar refractivity (Wildman–Crippen MR) is 30.5 cm³/mol. The molecule has 0 aliphatic carbocycles. The van der Waals surface area contributed by atoms with E-state index in [-0.39, 0.29) is 4.70 Å². The van der Waals surface area contributed by atoms with Crippen molar-refractivity contribution in [2.45, 2.75) is 0 Å². The van der Waals surface area contributed by atoms with Gasteiger partial charge in [0, 0.05) is 0 Å². The molecule has 6 heavy (non-hydrogen) atoms. The van der Waals surface area contributed by atoms with E-state index in [0.29, 0.717) is 0 Å². The van der Waals surface area contributed by atoms with E-state index in [0.717, 1.165) is 0 Å².